The summed E-state index contributed by atoms with van der Waals surface area (Å²) in [6.07, 6.45) is 3.93. The summed E-state index contributed by atoms with van der Waals surface area (Å²) in [5.74, 6) is -0.692. The van der Waals surface area contributed by atoms with Gasteiger partial charge in [-0.05, 0) is 19.3 Å². The molecule has 124 valence electrons. The Balaban J connectivity index is 2.42. The monoisotopic (exact) mass is 355 g/mol. The minimum Gasteiger partial charge on any atom is -0.395 e. The van der Waals surface area contributed by atoms with Crippen molar-refractivity contribution in [2.45, 2.75) is 45.4 Å². The number of carbonyl (C=O) groups excluding carboxylic acids is 2. The van der Waals surface area contributed by atoms with Crippen LogP contribution in [0.5, 0.6) is 0 Å². The van der Waals surface area contributed by atoms with Gasteiger partial charge in [0, 0.05) is 18.1 Å². The molecule has 1 aliphatic carbocycles. The summed E-state index contributed by atoms with van der Waals surface area (Å²) in [5.41, 5.74) is 6.67. The zero-order chi connectivity index (χ0) is 17.0. The molecule has 1 aliphatic rings. The third-order valence-corrected chi connectivity index (χ3v) is 4.29. The maximum atomic E-state index is 12.8. The Morgan fingerprint density at radius 1 is 1.30 bits per heavy atom. The second-order valence-electron chi connectivity index (χ2n) is 5.61. The Hall–Kier alpha value is -1.46. The zero-order valence-electron chi connectivity index (χ0n) is 12.9. The molecular weight excluding hydrogens is 337 g/mol. The molecule has 2 N–H and O–H groups in total. The van der Waals surface area contributed by atoms with Crippen molar-refractivity contribution in [3.05, 3.63) is 27.8 Å². The SMILES string of the molecule is CCC/C(C(=O)[C@H]1CCCCC1=O)=C(/N)c1nc(Cl)cc(Cl)n1. The second kappa shape index (κ2) is 7.88. The van der Waals surface area contributed by atoms with E-state index in [0.29, 0.717) is 24.8 Å². The van der Waals surface area contributed by atoms with E-state index in [0.717, 1.165) is 19.3 Å². The Morgan fingerprint density at radius 2 is 1.96 bits per heavy atom. The van der Waals surface area contributed by atoms with Crippen molar-refractivity contribution in [1.82, 2.24) is 9.97 Å². The van der Waals surface area contributed by atoms with Gasteiger partial charge in [0.2, 0.25) is 0 Å². The van der Waals surface area contributed by atoms with Crippen LogP contribution in [0.2, 0.25) is 10.3 Å². The van der Waals surface area contributed by atoms with Gasteiger partial charge in [0.05, 0.1) is 11.6 Å². The first-order valence-corrected chi connectivity index (χ1v) is 8.45. The van der Waals surface area contributed by atoms with Crippen LogP contribution in [-0.4, -0.2) is 21.5 Å². The van der Waals surface area contributed by atoms with E-state index in [1.54, 1.807) is 0 Å². The summed E-state index contributed by atoms with van der Waals surface area (Å²) in [5, 5.41) is 0.306. The maximum Gasteiger partial charge on any atom is 0.178 e. The van der Waals surface area contributed by atoms with E-state index in [1.807, 2.05) is 6.92 Å². The molecule has 0 aliphatic heterocycles. The summed E-state index contributed by atoms with van der Waals surface area (Å²) in [6, 6.07) is 1.39. The van der Waals surface area contributed by atoms with Crippen molar-refractivity contribution in [2.75, 3.05) is 0 Å². The fourth-order valence-corrected chi connectivity index (χ4v) is 3.18. The van der Waals surface area contributed by atoms with Crippen LogP contribution in [0.4, 0.5) is 0 Å². The molecule has 0 amide bonds. The van der Waals surface area contributed by atoms with Crippen LogP contribution < -0.4 is 5.73 Å². The number of nitrogens with two attached hydrogens (primary N) is 1. The van der Waals surface area contributed by atoms with E-state index in [9.17, 15) is 9.59 Å². The Labute approximate surface area is 145 Å². The number of ketones is 2. The van der Waals surface area contributed by atoms with E-state index >= 15 is 0 Å². The highest BCUT2D eigenvalue weighted by Gasteiger charge is 2.32. The van der Waals surface area contributed by atoms with Crippen LogP contribution in [0.1, 0.15) is 51.3 Å². The van der Waals surface area contributed by atoms with E-state index < -0.39 is 5.92 Å². The summed E-state index contributed by atoms with van der Waals surface area (Å²) in [4.78, 5) is 32.9. The maximum absolute atomic E-state index is 12.8. The lowest BCUT2D eigenvalue weighted by Gasteiger charge is -2.21. The summed E-state index contributed by atoms with van der Waals surface area (Å²) >= 11 is 11.7. The van der Waals surface area contributed by atoms with Crippen molar-refractivity contribution in [2.24, 2.45) is 11.7 Å². The van der Waals surface area contributed by atoms with Gasteiger partial charge < -0.3 is 5.73 Å². The quantitative estimate of drug-likeness (QED) is 0.495. The van der Waals surface area contributed by atoms with Crippen molar-refractivity contribution >= 4 is 40.5 Å². The number of carbonyl (C=O) groups is 2. The molecule has 0 spiro atoms. The largest absolute Gasteiger partial charge is 0.395 e. The number of halogens is 2. The van der Waals surface area contributed by atoms with Crippen LogP contribution in [-0.2, 0) is 9.59 Å². The molecule has 1 atom stereocenters. The summed E-state index contributed by atoms with van der Waals surface area (Å²) in [6.45, 7) is 1.94. The molecule has 23 heavy (non-hydrogen) atoms. The van der Waals surface area contributed by atoms with Gasteiger partial charge in [-0.1, -0.05) is 43.0 Å². The molecule has 0 unspecified atom stereocenters. The summed E-state index contributed by atoms with van der Waals surface area (Å²) in [7, 11) is 0. The highest BCUT2D eigenvalue weighted by Crippen LogP contribution is 2.28. The lowest BCUT2D eigenvalue weighted by atomic mass is 9.81. The number of hydrogen-bond donors (Lipinski definition) is 1. The molecular formula is C16H19Cl2N3O2. The highest BCUT2D eigenvalue weighted by atomic mass is 35.5. The highest BCUT2D eigenvalue weighted by molar-refractivity contribution is 6.33. The second-order valence-corrected chi connectivity index (χ2v) is 6.38. The minimum atomic E-state index is -0.599. The normalized spacial score (nSPS) is 19.4. The molecule has 0 radical (unpaired) electrons. The van der Waals surface area contributed by atoms with Crippen LogP contribution in [0.3, 0.4) is 0 Å². The first-order valence-electron chi connectivity index (χ1n) is 7.70. The molecule has 0 aromatic carbocycles. The predicted molar refractivity (Wildman–Crippen MR) is 90.0 cm³/mol. The molecule has 1 heterocycles. The third kappa shape index (κ3) is 4.30. The van der Waals surface area contributed by atoms with E-state index in [4.69, 9.17) is 28.9 Å². The number of hydrogen-bond acceptors (Lipinski definition) is 5. The van der Waals surface area contributed by atoms with Gasteiger partial charge in [-0.25, -0.2) is 9.97 Å². The Bertz CT molecular complexity index is 638. The van der Waals surface area contributed by atoms with Crippen LogP contribution >= 0.6 is 23.2 Å². The van der Waals surface area contributed by atoms with Crippen molar-refractivity contribution < 1.29 is 9.59 Å². The van der Waals surface area contributed by atoms with E-state index in [2.05, 4.69) is 9.97 Å². The number of Topliss-reactive ketones (excluding diaryl/α,β-unsaturated/α-hetero) is 2. The minimum absolute atomic E-state index is 0.00676. The van der Waals surface area contributed by atoms with Gasteiger partial charge in [-0.15, -0.1) is 0 Å². The molecule has 1 saturated carbocycles. The Morgan fingerprint density at radius 3 is 2.52 bits per heavy atom. The van der Waals surface area contributed by atoms with Crippen LogP contribution in [0, 0.1) is 5.92 Å². The first kappa shape index (κ1) is 17.9. The number of allylic oxidation sites excluding steroid dienone is 1. The average molecular weight is 356 g/mol. The topological polar surface area (TPSA) is 85.9 Å². The average Bonchev–Trinajstić information content (AvgIpc) is 2.51. The van der Waals surface area contributed by atoms with Gasteiger partial charge in [-0.2, -0.15) is 0 Å². The smallest absolute Gasteiger partial charge is 0.178 e. The van der Waals surface area contributed by atoms with Crippen molar-refractivity contribution in [1.29, 1.82) is 0 Å². The molecule has 7 heteroatoms. The molecule has 1 aromatic heterocycles. The van der Waals surface area contributed by atoms with Crippen molar-refractivity contribution in [3.8, 4) is 0 Å². The Kier molecular flexibility index (Phi) is 6.13. The standard InChI is InChI=1S/C16H19Cl2N3O2/c1-2-5-10(15(23)9-6-3-4-7-11(9)22)14(19)16-20-12(17)8-13(18)21-16/h8-9H,2-7,19H2,1H3/b14-10-/t9-/m0/s1. The molecule has 1 fully saturated rings. The van der Waals surface area contributed by atoms with Crippen molar-refractivity contribution in [3.63, 3.8) is 0 Å². The first-order chi connectivity index (χ1) is 10.9. The zero-order valence-corrected chi connectivity index (χ0v) is 14.5. The third-order valence-electron chi connectivity index (χ3n) is 3.90. The van der Waals surface area contributed by atoms with Crippen LogP contribution in [0.15, 0.2) is 11.6 Å². The van der Waals surface area contributed by atoms with E-state index in [1.165, 1.54) is 6.07 Å². The molecule has 2 rings (SSSR count). The molecule has 5 nitrogen and oxygen atoms in total. The van der Waals surface area contributed by atoms with Gasteiger partial charge in [-0.3, -0.25) is 9.59 Å². The molecule has 0 bridgehead atoms. The fraction of sp³-hybridized carbons (Fsp3) is 0.500. The summed E-state index contributed by atoms with van der Waals surface area (Å²) < 4.78 is 0. The van der Waals surface area contributed by atoms with Gasteiger partial charge in [0.15, 0.2) is 11.6 Å². The molecule has 1 aromatic rings. The number of rotatable bonds is 5. The molecule has 0 saturated heterocycles. The van der Waals surface area contributed by atoms with Gasteiger partial charge >= 0.3 is 0 Å². The number of nitrogens with zero attached hydrogens (tertiary/aromatic N) is 2. The van der Waals surface area contributed by atoms with E-state index in [-0.39, 0.29) is 33.4 Å². The lowest BCUT2D eigenvalue weighted by Crippen LogP contribution is -2.29. The van der Waals surface area contributed by atoms with Gasteiger partial charge in [0.1, 0.15) is 16.1 Å². The van der Waals surface area contributed by atoms with Gasteiger partial charge in [0.25, 0.3) is 0 Å². The predicted octanol–water partition coefficient (Wildman–Crippen LogP) is 3.58. The lowest BCUT2D eigenvalue weighted by molar-refractivity contribution is -0.132. The fourth-order valence-electron chi connectivity index (χ4n) is 2.76. The van der Waals surface area contributed by atoms with Crippen LogP contribution in [0.25, 0.3) is 5.70 Å². The number of aromatic nitrogens is 2.